The summed E-state index contributed by atoms with van der Waals surface area (Å²) in [6.07, 6.45) is 0. The van der Waals surface area contributed by atoms with Gasteiger partial charge in [-0.2, -0.15) is 33.7 Å². The number of hydrogen-bond acceptors (Lipinski definition) is 18. The third-order valence-electron chi connectivity index (χ3n) is 7.22. The zero-order valence-electron chi connectivity index (χ0n) is 28.3. The van der Waals surface area contributed by atoms with Crippen molar-refractivity contribution in [1.82, 2.24) is 0 Å². The van der Waals surface area contributed by atoms with Crippen molar-refractivity contribution in [3.63, 3.8) is 0 Å². The first-order valence-electron chi connectivity index (χ1n) is 15.4. The van der Waals surface area contributed by atoms with E-state index in [-0.39, 0.29) is 67.6 Å². The highest BCUT2D eigenvalue weighted by Crippen LogP contribution is 2.35. The van der Waals surface area contributed by atoms with Crippen LogP contribution in [-0.4, -0.2) is 65.1 Å². The van der Waals surface area contributed by atoms with Crippen LogP contribution in [-0.2, 0) is 41.6 Å². The normalized spacial score (nSPS) is 12.3. The Labute approximate surface area is 325 Å². The lowest BCUT2D eigenvalue weighted by molar-refractivity contribution is 0.219. The van der Waals surface area contributed by atoms with Crippen molar-refractivity contribution < 1.29 is 86.9 Å². The van der Waals surface area contributed by atoms with Crippen molar-refractivity contribution in [2.24, 2.45) is 0 Å². The van der Waals surface area contributed by atoms with Gasteiger partial charge in [-0.3, -0.25) is 27.8 Å². The van der Waals surface area contributed by atoms with E-state index in [0.717, 1.165) is 60.7 Å². The Morgan fingerprint density at radius 1 is 0.431 bits per heavy atom. The van der Waals surface area contributed by atoms with Gasteiger partial charge in [-0.15, -0.1) is 0 Å². The third kappa shape index (κ3) is 10.8. The lowest BCUT2D eigenvalue weighted by atomic mass is 10.1. The van der Waals surface area contributed by atoms with Crippen LogP contribution in [0, 0.1) is 0 Å². The van der Waals surface area contributed by atoms with Gasteiger partial charge < -0.3 is 35.0 Å². The van der Waals surface area contributed by atoms with Crippen LogP contribution in [0.5, 0.6) is 34.5 Å². The first-order chi connectivity index (χ1) is 27.0. The highest BCUT2D eigenvalue weighted by molar-refractivity contribution is 7.82. The van der Waals surface area contributed by atoms with E-state index in [1.165, 1.54) is 24.3 Å². The fourth-order valence-corrected chi connectivity index (χ4v) is 6.59. The van der Waals surface area contributed by atoms with Crippen molar-refractivity contribution in [3.8, 4) is 57.1 Å². The Morgan fingerprint density at radius 3 is 1.05 bits per heavy atom. The molecule has 0 radical (unpaired) electrons. The third-order valence-corrected chi connectivity index (χ3v) is 8.83. The van der Waals surface area contributed by atoms with Crippen molar-refractivity contribution in [1.29, 1.82) is 0 Å². The molecule has 4 N–H and O–H groups in total. The van der Waals surface area contributed by atoms with E-state index in [4.69, 9.17) is 27.4 Å². The molecule has 26 heteroatoms. The molecule has 22 nitrogen and oxygen atoms in total. The van der Waals surface area contributed by atoms with Gasteiger partial charge in [-0.1, -0.05) is 0 Å². The number of hydrogen-bond donors (Lipinski definition) is 4. The molecule has 306 valence electrons. The summed E-state index contributed by atoms with van der Waals surface area (Å²) in [7, 11) is -19.9. The second-order valence-electron chi connectivity index (χ2n) is 11.3. The number of rotatable bonds is 15. The second kappa shape index (κ2) is 15.6. The maximum absolute atomic E-state index is 13.4. The zero-order chi connectivity index (χ0) is 42.2. The minimum absolute atomic E-state index is 0.127. The topological polar surface area (TPSA) is 333 Å². The molecule has 0 aliphatic rings. The standard InChI is InChI=1S/C32H22O22S4/c33-23-15-25(17-1-5-19(6-2-17)51-55(35,36)37)49-29-13-21(53-57(41,42)43)11-27(31(23)29)47-9-10-48-28-12-22(54-58(44,45)46)14-30-32(28)24(34)16-26(50-30)18-3-7-20(8-4-18)52-56(38,39)40/h1-8,11-16H,9-10H2,(H,35,36,37)(H,38,39,40)(H,41,42,43)(H,44,45,46). The summed E-state index contributed by atoms with van der Waals surface area (Å²) in [5.41, 5.74) is -1.78. The summed E-state index contributed by atoms with van der Waals surface area (Å²) >= 11 is 0. The van der Waals surface area contributed by atoms with E-state index in [1.807, 2.05) is 0 Å². The molecule has 4 aromatic carbocycles. The fourth-order valence-electron chi connectivity index (χ4n) is 5.20. The van der Waals surface area contributed by atoms with Crippen LogP contribution in [0.25, 0.3) is 44.6 Å². The summed E-state index contributed by atoms with van der Waals surface area (Å²) in [5.74, 6) is -2.71. The van der Waals surface area contributed by atoms with Crippen LogP contribution >= 0.6 is 0 Å². The fraction of sp³-hybridized carbons (Fsp3) is 0.0625. The minimum atomic E-state index is -5.12. The molecular formula is C32H22O22S4. The van der Waals surface area contributed by atoms with Gasteiger partial charge in [0.1, 0.15) is 69.7 Å². The van der Waals surface area contributed by atoms with Gasteiger partial charge in [0.2, 0.25) is 0 Å². The Bertz CT molecular complexity index is 2920. The average Bonchev–Trinajstić information content (AvgIpc) is 3.07. The largest absolute Gasteiger partial charge is 0.489 e. The predicted molar refractivity (Wildman–Crippen MR) is 196 cm³/mol. The molecule has 0 saturated heterocycles. The van der Waals surface area contributed by atoms with Crippen LogP contribution in [0.2, 0.25) is 0 Å². The van der Waals surface area contributed by atoms with Gasteiger partial charge in [0.25, 0.3) is 0 Å². The van der Waals surface area contributed by atoms with Crippen LogP contribution in [0.15, 0.2) is 103 Å². The maximum atomic E-state index is 13.4. The van der Waals surface area contributed by atoms with Crippen LogP contribution < -0.4 is 37.1 Å². The lowest BCUT2D eigenvalue weighted by Gasteiger charge is -2.14. The van der Waals surface area contributed by atoms with Gasteiger partial charge in [0.05, 0.1) is 0 Å². The molecule has 0 fully saturated rings. The van der Waals surface area contributed by atoms with Crippen molar-refractivity contribution in [2.45, 2.75) is 0 Å². The molecule has 0 amide bonds. The SMILES string of the molecule is O=c1cc(-c2ccc(OS(=O)(=O)O)cc2)oc2cc(OS(=O)(=O)O)cc(OCCOc3cc(OS(=O)(=O)O)cc4oc(-c5ccc(OS(=O)(=O)O)cc5)cc(=O)c34)c12. The molecule has 6 rings (SSSR count). The van der Waals surface area contributed by atoms with E-state index in [2.05, 4.69) is 16.7 Å². The molecular weight excluding hydrogens is 865 g/mol. The molecule has 0 spiro atoms. The lowest BCUT2D eigenvalue weighted by Crippen LogP contribution is -2.14. The smallest absolute Gasteiger partial charge is 0.446 e. The Balaban J connectivity index is 1.30. The number of ether oxygens (including phenoxy) is 2. The first kappa shape index (κ1) is 41.4. The van der Waals surface area contributed by atoms with Gasteiger partial charge in [-0.25, -0.2) is 0 Å². The molecule has 2 heterocycles. The minimum Gasteiger partial charge on any atom is -0.489 e. The molecule has 0 saturated carbocycles. The summed E-state index contributed by atoms with van der Waals surface area (Å²) in [6.45, 7) is -0.986. The Hall–Kier alpha value is -6.26. The van der Waals surface area contributed by atoms with Gasteiger partial charge in [0, 0.05) is 47.5 Å². The first-order valence-corrected chi connectivity index (χ1v) is 20.8. The summed E-state index contributed by atoms with van der Waals surface area (Å²) < 4.78 is 167. The highest BCUT2D eigenvalue weighted by Gasteiger charge is 2.20. The van der Waals surface area contributed by atoms with Crippen molar-refractivity contribution >= 4 is 63.5 Å². The van der Waals surface area contributed by atoms with E-state index in [1.54, 1.807) is 0 Å². The quantitative estimate of drug-likeness (QED) is 0.0847. The molecule has 0 bridgehead atoms. The molecule has 0 unspecified atom stereocenters. The van der Waals surface area contributed by atoms with E-state index in [0.29, 0.717) is 0 Å². The molecule has 6 aromatic rings. The molecule has 0 aliphatic heterocycles. The average molecular weight is 887 g/mol. The summed E-state index contributed by atoms with van der Waals surface area (Å²) in [6, 6.07) is 15.3. The number of fused-ring (bicyclic) bond motifs is 2. The number of benzene rings is 4. The molecule has 58 heavy (non-hydrogen) atoms. The van der Waals surface area contributed by atoms with Crippen molar-refractivity contribution in [3.05, 3.63) is 105 Å². The van der Waals surface area contributed by atoms with Gasteiger partial charge >= 0.3 is 41.6 Å². The van der Waals surface area contributed by atoms with Crippen LogP contribution in [0.1, 0.15) is 0 Å². The van der Waals surface area contributed by atoms with Gasteiger partial charge in [0.15, 0.2) is 22.4 Å². The Morgan fingerprint density at radius 2 is 0.741 bits per heavy atom. The van der Waals surface area contributed by atoms with E-state index in [9.17, 15) is 52.4 Å². The van der Waals surface area contributed by atoms with Crippen molar-refractivity contribution in [2.75, 3.05) is 13.2 Å². The van der Waals surface area contributed by atoms with Gasteiger partial charge in [-0.05, 0) is 48.5 Å². The molecule has 0 aliphatic carbocycles. The zero-order valence-corrected chi connectivity index (χ0v) is 31.5. The molecule has 0 atom stereocenters. The maximum Gasteiger partial charge on any atom is 0.446 e. The summed E-state index contributed by atoms with van der Waals surface area (Å²) in [4.78, 5) is 26.7. The highest BCUT2D eigenvalue weighted by atomic mass is 32.3. The predicted octanol–water partition coefficient (Wildman–Crippen LogP) is 3.42. The monoisotopic (exact) mass is 886 g/mol. The van der Waals surface area contributed by atoms with E-state index < -0.39 is 77.2 Å². The summed E-state index contributed by atoms with van der Waals surface area (Å²) in [5, 5.41) is -0.532. The Kier molecular flexibility index (Phi) is 11.1. The van der Waals surface area contributed by atoms with Crippen LogP contribution in [0.4, 0.5) is 0 Å². The molecule has 2 aromatic heterocycles. The second-order valence-corrected chi connectivity index (χ2v) is 15.4. The van der Waals surface area contributed by atoms with E-state index >= 15 is 0 Å². The van der Waals surface area contributed by atoms with Crippen LogP contribution in [0.3, 0.4) is 0 Å².